The second kappa shape index (κ2) is 9.56. The summed E-state index contributed by atoms with van der Waals surface area (Å²) in [5, 5.41) is -0.278. The van der Waals surface area contributed by atoms with E-state index in [0.717, 1.165) is 44.4 Å². The third kappa shape index (κ3) is 5.40. The highest BCUT2D eigenvalue weighted by Gasteiger charge is 2.36. The molecule has 2 fully saturated rings. The van der Waals surface area contributed by atoms with Crippen molar-refractivity contribution in [2.45, 2.75) is 37.0 Å². The molecule has 0 radical (unpaired) electrons. The SMILES string of the molecule is Cc1c(F)cccc1-c1nc(NS(=O)(=O)c2cccc(N3CCN(C4CC4)CC3)n2)ccc1C(F)(F)F. The Hall–Kier alpha value is -3.25. The number of piperazine rings is 1. The fourth-order valence-electron chi connectivity index (χ4n) is 4.49. The van der Waals surface area contributed by atoms with E-state index in [4.69, 9.17) is 0 Å². The molecule has 5 rings (SSSR count). The van der Waals surface area contributed by atoms with Gasteiger partial charge in [-0.25, -0.2) is 14.4 Å². The van der Waals surface area contributed by atoms with Crippen molar-refractivity contribution in [3.8, 4) is 11.3 Å². The Kier molecular flexibility index (Phi) is 6.57. The highest BCUT2D eigenvalue weighted by atomic mass is 32.2. The van der Waals surface area contributed by atoms with Crippen molar-refractivity contribution < 1.29 is 26.0 Å². The molecule has 7 nitrogen and oxygen atoms in total. The van der Waals surface area contributed by atoms with E-state index >= 15 is 0 Å². The van der Waals surface area contributed by atoms with Gasteiger partial charge in [0.15, 0.2) is 5.03 Å². The van der Waals surface area contributed by atoms with Crippen LogP contribution in [0.5, 0.6) is 0 Å². The third-order valence-corrected chi connectivity index (χ3v) is 7.90. The minimum Gasteiger partial charge on any atom is -0.354 e. The number of aromatic nitrogens is 2. The predicted octanol–water partition coefficient (Wildman–Crippen LogP) is 4.70. The molecule has 1 aliphatic carbocycles. The Morgan fingerprint density at radius 2 is 1.65 bits per heavy atom. The van der Waals surface area contributed by atoms with E-state index in [0.29, 0.717) is 11.9 Å². The van der Waals surface area contributed by atoms with Crippen LogP contribution in [0.25, 0.3) is 11.3 Å². The van der Waals surface area contributed by atoms with Crippen LogP contribution >= 0.6 is 0 Å². The summed E-state index contributed by atoms with van der Waals surface area (Å²) in [7, 11) is -4.27. The molecule has 3 heterocycles. The average molecular weight is 536 g/mol. The summed E-state index contributed by atoms with van der Waals surface area (Å²) in [5.41, 5.74) is -1.79. The Labute approximate surface area is 212 Å². The first-order valence-electron chi connectivity index (χ1n) is 11.9. The van der Waals surface area contributed by atoms with Crippen LogP contribution in [0.4, 0.5) is 29.2 Å². The number of rotatable bonds is 6. The maximum Gasteiger partial charge on any atom is 0.418 e. The van der Waals surface area contributed by atoms with Crippen LogP contribution in [0.15, 0.2) is 53.6 Å². The van der Waals surface area contributed by atoms with Crippen molar-refractivity contribution in [2.75, 3.05) is 35.8 Å². The number of sulfonamides is 1. The fourth-order valence-corrected chi connectivity index (χ4v) is 5.45. The van der Waals surface area contributed by atoms with Gasteiger partial charge in [-0.1, -0.05) is 18.2 Å². The molecule has 0 atom stereocenters. The molecule has 0 unspecified atom stereocenters. The normalized spacial score (nSPS) is 17.2. The Morgan fingerprint density at radius 1 is 0.946 bits per heavy atom. The van der Waals surface area contributed by atoms with E-state index in [2.05, 4.69) is 19.6 Å². The van der Waals surface area contributed by atoms with E-state index in [1.165, 1.54) is 38.0 Å². The first-order chi connectivity index (χ1) is 17.5. The Bertz CT molecular complexity index is 1420. The molecular weight excluding hydrogens is 510 g/mol. The highest BCUT2D eigenvalue weighted by Crippen LogP contribution is 2.38. The van der Waals surface area contributed by atoms with Crippen molar-refractivity contribution >= 4 is 21.7 Å². The number of hydrogen-bond acceptors (Lipinski definition) is 6. The minimum absolute atomic E-state index is 0.0309. The lowest BCUT2D eigenvalue weighted by Gasteiger charge is -2.35. The second-order valence-corrected chi connectivity index (χ2v) is 10.8. The number of anilines is 2. The van der Waals surface area contributed by atoms with Crippen LogP contribution in [0.3, 0.4) is 0 Å². The van der Waals surface area contributed by atoms with Gasteiger partial charge in [0, 0.05) is 37.8 Å². The van der Waals surface area contributed by atoms with E-state index in [9.17, 15) is 26.0 Å². The highest BCUT2D eigenvalue weighted by molar-refractivity contribution is 7.92. The zero-order valence-electron chi connectivity index (χ0n) is 20.0. The Balaban J connectivity index is 1.42. The van der Waals surface area contributed by atoms with Gasteiger partial charge in [-0.2, -0.15) is 21.6 Å². The van der Waals surface area contributed by atoms with Crippen LogP contribution in [0.2, 0.25) is 0 Å². The maximum atomic E-state index is 14.1. The molecular formula is C25H25F4N5O2S. The number of nitrogens with zero attached hydrogens (tertiary/aromatic N) is 4. The van der Waals surface area contributed by atoms with Gasteiger partial charge >= 0.3 is 6.18 Å². The van der Waals surface area contributed by atoms with Gasteiger partial charge < -0.3 is 4.90 Å². The van der Waals surface area contributed by atoms with Crippen LogP contribution in [-0.2, 0) is 16.2 Å². The number of nitrogens with one attached hydrogen (secondary N) is 1. The molecule has 2 aliphatic rings. The summed E-state index contributed by atoms with van der Waals surface area (Å²) >= 11 is 0. The molecule has 37 heavy (non-hydrogen) atoms. The van der Waals surface area contributed by atoms with Crippen molar-refractivity contribution in [2.24, 2.45) is 0 Å². The summed E-state index contributed by atoms with van der Waals surface area (Å²) in [4.78, 5) is 12.7. The standard InChI is InChI=1S/C25H25F4N5O2S/c1-16-18(4-2-5-20(16)26)24-19(25(27,28)29)10-11-21(30-24)32-37(35,36)23-7-3-6-22(31-23)34-14-12-33(13-15-34)17-8-9-17/h2-7,10-11,17H,8-9,12-15H2,1H3,(H,30,32). The monoisotopic (exact) mass is 535 g/mol. The lowest BCUT2D eigenvalue weighted by Crippen LogP contribution is -2.47. The first-order valence-corrected chi connectivity index (χ1v) is 13.3. The number of benzene rings is 1. The van der Waals surface area contributed by atoms with Gasteiger partial charge in [0.25, 0.3) is 10.0 Å². The zero-order valence-corrected chi connectivity index (χ0v) is 20.8. The largest absolute Gasteiger partial charge is 0.418 e. The summed E-state index contributed by atoms with van der Waals surface area (Å²) < 4.78 is 83.7. The molecule has 1 saturated heterocycles. The first kappa shape index (κ1) is 25.4. The molecule has 12 heteroatoms. The van der Waals surface area contributed by atoms with Crippen molar-refractivity contribution in [1.29, 1.82) is 0 Å². The zero-order chi connectivity index (χ0) is 26.4. The van der Waals surface area contributed by atoms with Crippen LogP contribution < -0.4 is 9.62 Å². The quantitative estimate of drug-likeness (QED) is 0.462. The molecule has 1 saturated carbocycles. The van der Waals surface area contributed by atoms with Crippen LogP contribution in [0.1, 0.15) is 24.0 Å². The summed E-state index contributed by atoms with van der Waals surface area (Å²) in [6.45, 7) is 4.52. The lowest BCUT2D eigenvalue weighted by molar-refractivity contribution is -0.137. The van der Waals surface area contributed by atoms with E-state index in [1.54, 1.807) is 12.1 Å². The maximum absolute atomic E-state index is 14.1. The Morgan fingerprint density at radius 3 is 2.32 bits per heavy atom. The molecule has 0 bridgehead atoms. The fraction of sp³-hybridized carbons (Fsp3) is 0.360. The van der Waals surface area contributed by atoms with Gasteiger partial charge in [0.05, 0.1) is 11.3 Å². The molecule has 3 aromatic rings. The van der Waals surface area contributed by atoms with Crippen LogP contribution in [-0.4, -0.2) is 55.5 Å². The van der Waals surface area contributed by atoms with E-state index in [1.807, 2.05) is 4.90 Å². The molecule has 1 aromatic carbocycles. The van der Waals surface area contributed by atoms with Gasteiger partial charge in [-0.3, -0.25) is 9.62 Å². The number of pyridine rings is 2. The van der Waals surface area contributed by atoms with Gasteiger partial charge in [0.2, 0.25) is 0 Å². The van der Waals surface area contributed by atoms with Crippen molar-refractivity contribution in [3.05, 3.63) is 65.5 Å². The number of halogens is 4. The average Bonchev–Trinajstić information content (AvgIpc) is 3.71. The molecule has 0 amide bonds. The van der Waals surface area contributed by atoms with Gasteiger partial charge in [-0.15, -0.1) is 0 Å². The topological polar surface area (TPSA) is 78.4 Å². The predicted molar refractivity (Wildman–Crippen MR) is 131 cm³/mol. The van der Waals surface area contributed by atoms with Gasteiger partial charge in [-0.05, 0) is 55.7 Å². The summed E-state index contributed by atoms with van der Waals surface area (Å²) in [6, 6.07) is 10.6. The molecule has 0 spiro atoms. The lowest BCUT2D eigenvalue weighted by atomic mass is 10.0. The smallest absolute Gasteiger partial charge is 0.354 e. The molecule has 1 N–H and O–H groups in total. The molecule has 1 aliphatic heterocycles. The van der Waals surface area contributed by atoms with Crippen molar-refractivity contribution in [3.63, 3.8) is 0 Å². The number of alkyl halides is 3. The summed E-state index contributed by atoms with van der Waals surface area (Å²) in [6.07, 6.45) is -2.34. The molecule has 196 valence electrons. The molecule has 2 aromatic heterocycles. The van der Waals surface area contributed by atoms with Gasteiger partial charge in [0.1, 0.15) is 17.5 Å². The van der Waals surface area contributed by atoms with E-state index < -0.39 is 33.3 Å². The van der Waals surface area contributed by atoms with Crippen LogP contribution in [0, 0.1) is 12.7 Å². The summed E-state index contributed by atoms with van der Waals surface area (Å²) in [5.74, 6) is -0.524. The minimum atomic E-state index is -4.78. The van der Waals surface area contributed by atoms with Crippen molar-refractivity contribution in [1.82, 2.24) is 14.9 Å². The van der Waals surface area contributed by atoms with E-state index in [-0.39, 0.29) is 22.0 Å². The third-order valence-electron chi connectivity index (χ3n) is 6.65. The second-order valence-electron chi connectivity index (χ2n) is 9.20. The number of hydrogen-bond donors (Lipinski definition) is 1.